The van der Waals surface area contributed by atoms with Gasteiger partial charge in [0, 0.05) is 5.75 Å². The molecule has 0 fully saturated rings. The molecule has 0 radical (unpaired) electrons. The van der Waals surface area contributed by atoms with E-state index < -0.39 is 0 Å². The van der Waals surface area contributed by atoms with Crippen LogP contribution < -0.4 is 0 Å². The largest absolute Gasteiger partial charge is 0.440 e. The molecule has 4 nitrogen and oxygen atoms in total. The maximum atomic E-state index is 8.42. The highest BCUT2D eigenvalue weighted by atomic mass is 32.2. The van der Waals surface area contributed by atoms with Crippen molar-refractivity contribution in [2.45, 2.75) is 12.1 Å². The van der Waals surface area contributed by atoms with Crippen LogP contribution >= 0.6 is 11.8 Å². The summed E-state index contributed by atoms with van der Waals surface area (Å²) in [5, 5.41) is 9.09. The molecule has 5 heteroatoms. The van der Waals surface area contributed by atoms with E-state index in [4.69, 9.17) is 14.3 Å². The summed E-state index contributed by atoms with van der Waals surface area (Å²) >= 11 is 1.51. The fourth-order valence-electron chi connectivity index (χ4n) is 0.753. The van der Waals surface area contributed by atoms with Gasteiger partial charge >= 0.3 is 0 Å². The number of aliphatic hydroxyl groups excluding tert-OH is 1. The Hall–Kier alpha value is -0.520. The van der Waals surface area contributed by atoms with Gasteiger partial charge in [0.05, 0.1) is 25.5 Å². The molecule has 1 aromatic rings. The van der Waals surface area contributed by atoms with Crippen LogP contribution in [-0.2, 0) is 4.74 Å². The zero-order chi connectivity index (χ0) is 9.52. The normalized spacial score (nSPS) is 10.6. The Bertz CT molecular complexity index is 239. The van der Waals surface area contributed by atoms with E-state index >= 15 is 0 Å². The van der Waals surface area contributed by atoms with Crippen molar-refractivity contribution >= 4 is 11.8 Å². The first-order valence-electron chi connectivity index (χ1n) is 4.06. The predicted molar refractivity (Wildman–Crippen MR) is 49.9 cm³/mol. The van der Waals surface area contributed by atoms with Crippen LogP contribution in [0.4, 0.5) is 0 Å². The van der Waals surface area contributed by atoms with E-state index in [9.17, 15) is 0 Å². The van der Waals surface area contributed by atoms with Crippen molar-refractivity contribution in [3.05, 3.63) is 12.0 Å². The minimum atomic E-state index is 0.0722. The monoisotopic (exact) mass is 203 g/mol. The number of hydrogen-bond donors (Lipinski definition) is 1. The number of oxazole rings is 1. The molecule has 0 aliphatic carbocycles. The van der Waals surface area contributed by atoms with Crippen molar-refractivity contribution in [3.63, 3.8) is 0 Å². The maximum absolute atomic E-state index is 8.42. The van der Waals surface area contributed by atoms with E-state index in [1.54, 1.807) is 6.26 Å². The molecule has 1 rings (SSSR count). The van der Waals surface area contributed by atoms with Crippen LogP contribution in [0.2, 0.25) is 0 Å². The van der Waals surface area contributed by atoms with Gasteiger partial charge in [-0.1, -0.05) is 11.8 Å². The molecule has 74 valence electrons. The third kappa shape index (κ3) is 4.31. The lowest BCUT2D eigenvalue weighted by Crippen LogP contribution is -2.02. The van der Waals surface area contributed by atoms with E-state index in [1.807, 2.05) is 6.92 Å². The lowest BCUT2D eigenvalue weighted by atomic mass is 10.6. The second-order valence-corrected chi connectivity index (χ2v) is 3.49. The van der Waals surface area contributed by atoms with Gasteiger partial charge < -0.3 is 14.3 Å². The molecule has 0 atom stereocenters. The van der Waals surface area contributed by atoms with Crippen molar-refractivity contribution in [1.82, 2.24) is 4.98 Å². The Balaban J connectivity index is 2.06. The molecule has 0 amide bonds. The average molecular weight is 203 g/mol. The number of thioether (sulfide) groups is 1. The average Bonchev–Trinajstić information content (AvgIpc) is 2.51. The molecule has 0 saturated heterocycles. The van der Waals surface area contributed by atoms with Crippen LogP contribution in [-0.4, -0.2) is 35.7 Å². The van der Waals surface area contributed by atoms with Crippen LogP contribution in [0.5, 0.6) is 0 Å². The summed E-state index contributed by atoms with van der Waals surface area (Å²) in [6, 6.07) is 0. The lowest BCUT2D eigenvalue weighted by Gasteiger charge is -1.98. The van der Waals surface area contributed by atoms with E-state index in [1.165, 1.54) is 11.8 Å². The van der Waals surface area contributed by atoms with Crippen molar-refractivity contribution in [2.24, 2.45) is 0 Å². The molecule has 1 heterocycles. The molecule has 0 bridgehead atoms. The van der Waals surface area contributed by atoms with Crippen LogP contribution in [0.3, 0.4) is 0 Å². The zero-order valence-corrected chi connectivity index (χ0v) is 8.34. The SMILES string of the molecule is Cc1coc(SCCOCCO)n1. The highest BCUT2D eigenvalue weighted by Gasteiger charge is 2.00. The van der Waals surface area contributed by atoms with Crippen LogP contribution in [0.15, 0.2) is 15.9 Å². The molecule has 0 saturated carbocycles. The van der Waals surface area contributed by atoms with Crippen molar-refractivity contribution in [2.75, 3.05) is 25.6 Å². The summed E-state index contributed by atoms with van der Waals surface area (Å²) in [7, 11) is 0. The quantitative estimate of drug-likeness (QED) is 0.554. The van der Waals surface area contributed by atoms with Gasteiger partial charge in [0.15, 0.2) is 0 Å². The molecule has 0 aliphatic rings. The number of aryl methyl sites for hydroxylation is 1. The first kappa shape index (κ1) is 10.6. The third-order valence-electron chi connectivity index (χ3n) is 1.29. The minimum absolute atomic E-state index is 0.0722. The van der Waals surface area contributed by atoms with E-state index in [-0.39, 0.29) is 6.61 Å². The van der Waals surface area contributed by atoms with Gasteiger partial charge in [-0.15, -0.1) is 0 Å². The smallest absolute Gasteiger partial charge is 0.255 e. The Morgan fingerprint density at radius 3 is 3.08 bits per heavy atom. The van der Waals surface area contributed by atoms with E-state index in [2.05, 4.69) is 4.98 Å². The summed E-state index contributed by atoms with van der Waals surface area (Å²) in [6.07, 6.45) is 1.62. The Labute approximate surface area is 81.3 Å². The van der Waals surface area contributed by atoms with Gasteiger partial charge in [0.2, 0.25) is 0 Å². The number of aliphatic hydroxyl groups is 1. The van der Waals surface area contributed by atoms with Crippen molar-refractivity contribution in [3.8, 4) is 0 Å². The van der Waals surface area contributed by atoms with E-state index in [0.717, 1.165) is 11.4 Å². The Kier molecular flexibility index (Phi) is 4.88. The summed E-state index contributed by atoms with van der Waals surface area (Å²) in [5.41, 5.74) is 0.888. The second kappa shape index (κ2) is 6.01. The predicted octanol–water partition coefficient (Wildman–Crippen LogP) is 1.08. The number of ether oxygens (including phenoxy) is 1. The standard InChI is InChI=1S/C8H13NO3S/c1-7-6-12-8(9-7)13-5-4-11-3-2-10/h6,10H,2-5H2,1H3. The molecule has 0 unspecified atom stereocenters. The van der Waals surface area contributed by atoms with Crippen molar-refractivity contribution < 1.29 is 14.3 Å². The second-order valence-electron chi connectivity index (χ2n) is 2.44. The number of hydrogen-bond acceptors (Lipinski definition) is 5. The summed E-state index contributed by atoms with van der Waals surface area (Å²) in [4.78, 5) is 4.12. The van der Waals surface area contributed by atoms with Crippen LogP contribution in [0.25, 0.3) is 0 Å². The number of nitrogens with zero attached hydrogens (tertiary/aromatic N) is 1. The molecule has 1 N–H and O–H groups in total. The lowest BCUT2D eigenvalue weighted by molar-refractivity contribution is 0.103. The molecule has 0 spiro atoms. The van der Waals surface area contributed by atoms with Gasteiger partial charge in [-0.25, -0.2) is 4.98 Å². The first-order chi connectivity index (χ1) is 6.33. The van der Waals surface area contributed by atoms with Crippen LogP contribution in [0.1, 0.15) is 5.69 Å². The molecule has 13 heavy (non-hydrogen) atoms. The Morgan fingerprint density at radius 2 is 2.46 bits per heavy atom. The molecular formula is C8H13NO3S. The highest BCUT2D eigenvalue weighted by Crippen LogP contribution is 2.15. The number of aromatic nitrogens is 1. The maximum Gasteiger partial charge on any atom is 0.255 e. The van der Waals surface area contributed by atoms with Crippen molar-refractivity contribution in [1.29, 1.82) is 0 Å². The highest BCUT2D eigenvalue weighted by molar-refractivity contribution is 7.99. The topological polar surface area (TPSA) is 55.5 Å². The Morgan fingerprint density at radius 1 is 1.62 bits per heavy atom. The fourth-order valence-corrected chi connectivity index (χ4v) is 1.45. The van der Waals surface area contributed by atoms with Gasteiger partial charge in [-0.05, 0) is 6.92 Å². The van der Waals surface area contributed by atoms with E-state index in [0.29, 0.717) is 18.4 Å². The first-order valence-corrected chi connectivity index (χ1v) is 5.05. The van der Waals surface area contributed by atoms with Gasteiger partial charge in [0.1, 0.15) is 6.26 Å². The van der Waals surface area contributed by atoms with Gasteiger partial charge in [-0.3, -0.25) is 0 Å². The minimum Gasteiger partial charge on any atom is -0.440 e. The molecule has 0 aromatic carbocycles. The summed E-state index contributed by atoms with van der Waals surface area (Å²) < 4.78 is 10.2. The molecule has 1 aromatic heterocycles. The zero-order valence-electron chi connectivity index (χ0n) is 7.52. The van der Waals surface area contributed by atoms with Gasteiger partial charge in [-0.2, -0.15) is 0 Å². The fraction of sp³-hybridized carbons (Fsp3) is 0.625. The molecule has 0 aliphatic heterocycles. The third-order valence-corrected chi connectivity index (χ3v) is 2.09. The molecular weight excluding hydrogens is 190 g/mol. The summed E-state index contributed by atoms with van der Waals surface area (Å²) in [6.45, 7) is 2.95. The summed E-state index contributed by atoms with van der Waals surface area (Å²) in [5.74, 6) is 0.792. The van der Waals surface area contributed by atoms with Crippen LogP contribution in [0, 0.1) is 6.92 Å². The number of rotatable bonds is 6. The van der Waals surface area contributed by atoms with Gasteiger partial charge in [0.25, 0.3) is 5.22 Å².